The summed E-state index contributed by atoms with van der Waals surface area (Å²) < 4.78 is 32.3. The van der Waals surface area contributed by atoms with Crippen molar-refractivity contribution in [3.63, 3.8) is 0 Å². The molecule has 2 heterocycles. The van der Waals surface area contributed by atoms with Gasteiger partial charge in [-0.15, -0.1) is 0 Å². The molecule has 16 nitrogen and oxygen atoms in total. The molecule has 3 fully saturated rings. The van der Waals surface area contributed by atoms with E-state index in [9.17, 15) is 38.0 Å². The van der Waals surface area contributed by atoms with Crippen LogP contribution in [0.3, 0.4) is 0 Å². The number of carbonyl (C=O) groups excluding carboxylic acids is 6. The first-order valence-corrected chi connectivity index (χ1v) is 27.8. The molecular weight excluding hydrogens is 996 g/mol. The number of piperazine rings is 1. The van der Waals surface area contributed by atoms with Crippen LogP contribution in [0.1, 0.15) is 124 Å². The molecule has 17 heteroatoms. The van der Waals surface area contributed by atoms with E-state index >= 15 is 0 Å². The summed E-state index contributed by atoms with van der Waals surface area (Å²) in [6.45, 7) is 8.01. The average Bonchev–Trinajstić information content (AvgIpc) is 3.74. The minimum Gasteiger partial charge on any atom is -0.451 e. The van der Waals surface area contributed by atoms with E-state index in [2.05, 4.69) is 58.7 Å². The summed E-state index contributed by atoms with van der Waals surface area (Å²) in [5.74, 6) is -1.17. The number of aromatic amines is 1. The van der Waals surface area contributed by atoms with Crippen LogP contribution in [-0.4, -0.2) is 134 Å². The van der Waals surface area contributed by atoms with E-state index in [-0.39, 0.29) is 105 Å². The summed E-state index contributed by atoms with van der Waals surface area (Å²) in [5, 5.41) is 10.8. The summed E-state index contributed by atoms with van der Waals surface area (Å²) in [6.07, 6.45) is 10.2. The van der Waals surface area contributed by atoms with Crippen LogP contribution in [0.15, 0.2) is 94.3 Å². The smallest absolute Gasteiger partial charge is 0.303 e. The van der Waals surface area contributed by atoms with Gasteiger partial charge in [0.2, 0.25) is 11.8 Å². The number of halogens is 1. The minimum absolute atomic E-state index is 0.0310. The predicted molar refractivity (Wildman–Crippen MR) is 292 cm³/mol. The van der Waals surface area contributed by atoms with Crippen molar-refractivity contribution in [1.29, 1.82) is 0 Å². The topological polar surface area (TPSA) is 198 Å². The number of H-pyrrole nitrogens is 1. The number of allylic oxidation sites excluding steroid dienone is 4. The Morgan fingerprint density at radius 3 is 2.36 bits per heavy atom. The maximum atomic E-state index is 15.0. The van der Waals surface area contributed by atoms with Crippen LogP contribution in [0.25, 0.3) is 10.8 Å². The number of anilines is 1. The van der Waals surface area contributed by atoms with Crippen molar-refractivity contribution in [2.24, 2.45) is 17.3 Å². The second kappa shape index (κ2) is 24.4. The predicted octanol–water partition coefficient (Wildman–Crippen LogP) is 7.57. The summed E-state index contributed by atoms with van der Waals surface area (Å²) in [4.78, 5) is 95.1. The number of nitrogens with zero attached hydrogens (tertiary/aromatic N) is 4. The van der Waals surface area contributed by atoms with Gasteiger partial charge in [0.1, 0.15) is 12.4 Å². The van der Waals surface area contributed by atoms with Crippen molar-refractivity contribution in [3.8, 4) is 0 Å². The molecule has 0 spiro atoms. The van der Waals surface area contributed by atoms with Gasteiger partial charge in [-0.2, -0.15) is 5.10 Å². The average molecular weight is 1070 g/mol. The summed E-state index contributed by atoms with van der Waals surface area (Å²) in [5.41, 5.74) is 5.42. The lowest BCUT2D eigenvalue weighted by molar-refractivity contribution is -0.182. The molecule has 5 aliphatic rings. The second-order valence-electron chi connectivity index (χ2n) is 22.1. The van der Waals surface area contributed by atoms with Crippen LogP contribution < -0.4 is 15.8 Å². The molecule has 9 rings (SSSR count). The quantitative estimate of drug-likeness (QED) is 0.0614. The number of hydrogen-bond acceptors (Lipinski definition) is 12. The Bertz CT molecular complexity index is 3050. The lowest BCUT2D eigenvalue weighted by atomic mass is 9.50. The molecular formula is C61H73FN6O10. The van der Waals surface area contributed by atoms with E-state index < -0.39 is 28.7 Å². The molecule has 0 radical (unpaired) electrons. The number of fused-ring (bicyclic) bond motifs is 5. The number of amides is 3. The van der Waals surface area contributed by atoms with Crippen molar-refractivity contribution >= 4 is 51.7 Å². The van der Waals surface area contributed by atoms with Crippen molar-refractivity contribution in [2.45, 2.75) is 109 Å². The fourth-order valence-electron chi connectivity index (χ4n) is 13.4. The second-order valence-corrected chi connectivity index (χ2v) is 22.1. The standard InChI is InChI=1S/C61H73FN6O10/c1-39(69)61(78-40(2)70)24-23-52-49-20-16-43-36-45(71)19-21-46(43)57(49)51(37-60(52,61)3)42-14-17-44(18-15-42)66(4)26-9-5-6-12-55(72)63-25-31-76-32-33-77-38-56(73)67-27-29-68(30-28-67)59(75)50-34-41(13-22-53(50)62)35-54-47-10-7-8-11-48(47)58(74)65-64-54/h7-8,10-11,13-15,17-18,22,34,36,49,51-52H,5-6,9,12,16,19-21,23-33,35,37-38H2,1-4H3,(H,63,72)(H,65,74). The van der Waals surface area contributed by atoms with Crippen LogP contribution >= 0.6 is 0 Å². The van der Waals surface area contributed by atoms with Gasteiger partial charge < -0.3 is 34.2 Å². The van der Waals surface area contributed by atoms with E-state index in [4.69, 9.17) is 14.2 Å². The highest BCUT2D eigenvalue weighted by Gasteiger charge is 2.67. The zero-order chi connectivity index (χ0) is 55.1. The molecule has 1 aliphatic heterocycles. The van der Waals surface area contributed by atoms with Crippen molar-refractivity contribution in [2.75, 3.05) is 77.6 Å². The maximum absolute atomic E-state index is 15.0. The zero-order valence-electron chi connectivity index (χ0n) is 45.5. The fourth-order valence-corrected chi connectivity index (χ4v) is 13.4. The first-order valence-electron chi connectivity index (χ1n) is 27.8. The number of esters is 1. The van der Waals surface area contributed by atoms with E-state index in [0.717, 1.165) is 57.2 Å². The molecule has 1 saturated heterocycles. The molecule has 3 amide bonds. The highest BCUT2D eigenvalue weighted by Crippen LogP contribution is 2.68. The Balaban J connectivity index is 0.646. The molecule has 5 atom stereocenters. The van der Waals surface area contributed by atoms with Crippen LogP contribution in [0.2, 0.25) is 0 Å². The number of nitrogens with one attached hydrogen (secondary N) is 2. The number of ketones is 2. The highest BCUT2D eigenvalue weighted by atomic mass is 19.1. The number of unbranched alkanes of at least 4 members (excludes halogenated alkanes) is 2. The molecule has 5 unspecified atom stereocenters. The van der Waals surface area contributed by atoms with Gasteiger partial charge in [0.05, 0.1) is 36.5 Å². The number of rotatable bonds is 21. The lowest BCUT2D eigenvalue weighted by Gasteiger charge is -2.55. The normalized spacial score (nSPS) is 22.8. The largest absolute Gasteiger partial charge is 0.451 e. The first kappa shape index (κ1) is 55.9. The van der Waals surface area contributed by atoms with Crippen LogP contribution in [-0.2, 0) is 44.6 Å². The fraction of sp³-hybridized carbons (Fsp3) is 0.508. The van der Waals surface area contributed by atoms with Gasteiger partial charge >= 0.3 is 5.97 Å². The van der Waals surface area contributed by atoms with Gasteiger partial charge in [0, 0.05) is 94.9 Å². The van der Waals surface area contributed by atoms with Crippen molar-refractivity contribution < 1.29 is 47.4 Å². The van der Waals surface area contributed by atoms with Gasteiger partial charge in [0.25, 0.3) is 11.5 Å². The van der Waals surface area contributed by atoms with Crippen LogP contribution in [0.5, 0.6) is 0 Å². The molecule has 78 heavy (non-hydrogen) atoms. The van der Waals surface area contributed by atoms with Gasteiger partial charge in [-0.3, -0.25) is 33.6 Å². The van der Waals surface area contributed by atoms with E-state index in [0.29, 0.717) is 60.9 Å². The van der Waals surface area contributed by atoms with E-state index in [1.165, 1.54) is 46.2 Å². The third-order valence-corrected chi connectivity index (χ3v) is 17.4. The van der Waals surface area contributed by atoms with Gasteiger partial charge in [-0.25, -0.2) is 9.49 Å². The van der Waals surface area contributed by atoms with Crippen LogP contribution in [0, 0.1) is 23.1 Å². The molecule has 2 saturated carbocycles. The molecule has 2 N–H and O–H groups in total. The van der Waals surface area contributed by atoms with Gasteiger partial charge in [-0.05, 0) is 129 Å². The third kappa shape index (κ3) is 11.9. The Morgan fingerprint density at radius 1 is 0.859 bits per heavy atom. The van der Waals surface area contributed by atoms with Gasteiger partial charge in [0.15, 0.2) is 17.2 Å². The maximum Gasteiger partial charge on any atom is 0.303 e. The van der Waals surface area contributed by atoms with Crippen molar-refractivity contribution in [1.82, 2.24) is 25.3 Å². The van der Waals surface area contributed by atoms with E-state index in [1.54, 1.807) is 36.1 Å². The molecule has 1 aromatic heterocycles. The monoisotopic (exact) mass is 1070 g/mol. The van der Waals surface area contributed by atoms with E-state index in [1.807, 2.05) is 12.1 Å². The Labute approximate surface area is 455 Å². The Morgan fingerprint density at radius 2 is 1.60 bits per heavy atom. The third-order valence-electron chi connectivity index (χ3n) is 17.4. The number of ether oxygens (including phenoxy) is 3. The Kier molecular flexibility index (Phi) is 17.5. The highest BCUT2D eigenvalue weighted by molar-refractivity contribution is 5.95. The van der Waals surface area contributed by atoms with Gasteiger partial charge in [-0.1, -0.05) is 55.3 Å². The first-order chi connectivity index (χ1) is 37.6. The van der Waals surface area contributed by atoms with Crippen LogP contribution in [0.4, 0.5) is 10.1 Å². The number of aromatic nitrogens is 2. The lowest BCUT2D eigenvalue weighted by Crippen LogP contribution is -2.57. The number of carbonyl (C=O) groups is 6. The van der Waals surface area contributed by atoms with Crippen molar-refractivity contribution in [3.05, 3.63) is 128 Å². The summed E-state index contributed by atoms with van der Waals surface area (Å²) in [6, 6.07) is 20.2. The molecule has 4 aromatic rings. The molecule has 3 aromatic carbocycles. The Hall–Kier alpha value is -6.85. The number of hydrogen-bond donors (Lipinski definition) is 2. The number of benzene rings is 3. The molecule has 0 bridgehead atoms. The molecule has 4 aliphatic carbocycles. The summed E-state index contributed by atoms with van der Waals surface area (Å²) in [7, 11) is 2.08. The number of Topliss-reactive ketones (excluding diaryl/α,β-unsaturated/α-hetero) is 1. The zero-order valence-corrected chi connectivity index (χ0v) is 45.5. The molecule has 414 valence electrons. The SMILES string of the molecule is CC(=O)OC1(C(C)=O)CCC2C3CCC4=CC(=O)CCC4=C3C(c3ccc(N(C)CCCCCC(=O)NCCOCCOCC(=O)N4CCN(C(=O)c5cc(Cc6n[nH]c(=O)c7ccccc67)ccc5F)CC4)cc3)CC21C. The minimum atomic E-state index is -1.15. The summed E-state index contributed by atoms with van der Waals surface area (Å²) >= 11 is 0.